The zero-order chi connectivity index (χ0) is 15.7. The largest absolute Gasteiger partial charge is 0.384 e. The van der Waals surface area contributed by atoms with Gasteiger partial charge in [-0.15, -0.1) is 11.3 Å². The van der Waals surface area contributed by atoms with Crippen LogP contribution in [0.1, 0.15) is 23.6 Å². The number of hydrogen-bond acceptors (Lipinski definition) is 7. The van der Waals surface area contributed by atoms with Crippen molar-refractivity contribution >= 4 is 39.0 Å². The Labute approximate surface area is 134 Å². The Morgan fingerprint density at radius 2 is 2.23 bits per heavy atom. The van der Waals surface area contributed by atoms with Crippen molar-refractivity contribution in [2.75, 3.05) is 5.73 Å². The van der Waals surface area contributed by atoms with Gasteiger partial charge in [-0.2, -0.15) is 5.26 Å². The van der Waals surface area contributed by atoms with Crippen LogP contribution in [0, 0.1) is 17.1 Å². The summed E-state index contributed by atoms with van der Waals surface area (Å²) in [5, 5.41) is 11.2. The molecule has 0 amide bonds. The van der Waals surface area contributed by atoms with Crippen molar-refractivity contribution in [2.45, 2.75) is 17.3 Å². The lowest BCUT2D eigenvalue weighted by Gasteiger charge is -2.10. The summed E-state index contributed by atoms with van der Waals surface area (Å²) in [6.45, 7) is 1.92. The van der Waals surface area contributed by atoms with Crippen molar-refractivity contribution in [3.05, 3.63) is 40.9 Å². The van der Waals surface area contributed by atoms with Gasteiger partial charge in [-0.25, -0.2) is 14.4 Å². The van der Waals surface area contributed by atoms with E-state index in [1.807, 2.05) is 13.0 Å². The number of nitrogens with zero attached hydrogens (tertiary/aromatic N) is 4. The van der Waals surface area contributed by atoms with Crippen LogP contribution in [0.3, 0.4) is 0 Å². The number of anilines is 1. The van der Waals surface area contributed by atoms with E-state index in [1.165, 1.54) is 34.5 Å². The molecule has 5 nitrogen and oxygen atoms in total. The summed E-state index contributed by atoms with van der Waals surface area (Å²) in [5.74, 6) is 0.00126. The predicted octanol–water partition coefficient (Wildman–Crippen LogP) is 3.53. The van der Waals surface area contributed by atoms with Gasteiger partial charge in [-0.3, -0.25) is 4.98 Å². The van der Waals surface area contributed by atoms with Crippen molar-refractivity contribution in [2.24, 2.45) is 0 Å². The van der Waals surface area contributed by atoms with E-state index < -0.39 is 0 Å². The van der Waals surface area contributed by atoms with Crippen molar-refractivity contribution in [1.29, 1.82) is 5.26 Å². The summed E-state index contributed by atoms with van der Waals surface area (Å²) in [6, 6.07) is 5.09. The molecule has 3 rings (SSSR count). The highest BCUT2D eigenvalue weighted by atomic mass is 32.2. The first-order valence-electron chi connectivity index (χ1n) is 6.31. The molecule has 0 aliphatic carbocycles. The van der Waals surface area contributed by atoms with Crippen LogP contribution in [0.4, 0.5) is 10.2 Å². The summed E-state index contributed by atoms with van der Waals surface area (Å²) >= 11 is 2.65. The topological polar surface area (TPSA) is 88.5 Å². The molecule has 3 heterocycles. The quantitative estimate of drug-likeness (QED) is 0.583. The molecule has 0 aromatic carbocycles. The van der Waals surface area contributed by atoms with E-state index in [4.69, 9.17) is 11.0 Å². The van der Waals surface area contributed by atoms with Gasteiger partial charge in [-0.05, 0) is 13.0 Å². The molecule has 0 saturated carbocycles. The maximum atomic E-state index is 13.7. The van der Waals surface area contributed by atoms with Crippen LogP contribution < -0.4 is 5.73 Å². The molecule has 0 fully saturated rings. The standard InChI is InChI=1S/C14H10FN5S2/c1-7(22-14-19-8(4-16)2-13(17)20-14)11-3-9-10(15)6-21-12(9)5-18-11/h2-3,5-7H,1H3,(H2,17,19,20). The second-order valence-corrected chi connectivity index (χ2v) is 6.74. The number of thiophene rings is 1. The number of aromatic nitrogens is 3. The summed E-state index contributed by atoms with van der Waals surface area (Å²) < 4.78 is 14.5. The fraction of sp³-hybridized carbons (Fsp3) is 0.143. The van der Waals surface area contributed by atoms with Crippen LogP contribution in [0.2, 0.25) is 0 Å². The predicted molar refractivity (Wildman–Crippen MR) is 85.0 cm³/mol. The molecule has 0 saturated heterocycles. The smallest absolute Gasteiger partial charge is 0.191 e. The van der Waals surface area contributed by atoms with Gasteiger partial charge >= 0.3 is 0 Å². The van der Waals surface area contributed by atoms with Crippen molar-refractivity contribution < 1.29 is 4.39 Å². The molecule has 0 aliphatic heterocycles. The molecule has 0 bridgehead atoms. The zero-order valence-electron chi connectivity index (χ0n) is 11.4. The van der Waals surface area contributed by atoms with E-state index in [1.54, 1.807) is 12.3 Å². The Hall–Kier alpha value is -2.24. The minimum atomic E-state index is -0.243. The van der Waals surface area contributed by atoms with E-state index in [2.05, 4.69) is 15.0 Å². The van der Waals surface area contributed by atoms with Crippen LogP contribution in [-0.4, -0.2) is 15.0 Å². The first-order valence-corrected chi connectivity index (χ1v) is 8.06. The van der Waals surface area contributed by atoms with Crippen LogP contribution in [-0.2, 0) is 0 Å². The number of nitriles is 1. The fourth-order valence-electron chi connectivity index (χ4n) is 1.91. The highest BCUT2D eigenvalue weighted by Gasteiger charge is 2.14. The second-order valence-electron chi connectivity index (χ2n) is 4.52. The van der Waals surface area contributed by atoms with Gasteiger partial charge in [0.1, 0.15) is 23.4 Å². The molecule has 2 N–H and O–H groups in total. The number of pyridine rings is 1. The van der Waals surface area contributed by atoms with Gasteiger partial charge in [0, 0.05) is 23.0 Å². The summed E-state index contributed by atoms with van der Waals surface area (Å²) in [7, 11) is 0. The SMILES string of the molecule is CC(Sc1nc(N)cc(C#N)n1)c1cc2c(F)csc2cn1. The van der Waals surface area contributed by atoms with Crippen molar-refractivity contribution in [3.8, 4) is 6.07 Å². The highest BCUT2D eigenvalue weighted by Crippen LogP contribution is 2.34. The van der Waals surface area contributed by atoms with Gasteiger partial charge in [0.25, 0.3) is 0 Å². The van der Waals surface area contributed by atoms with Crippen LogP contribution in [0.15, 0.2) is 28.9 Å². The molecule has 3 aromatic rings. The zero-order valence-corrected chi connectivity index (χ0v) is 13.1. The lowest BCUT2D eigenvalue weighted by atomic mass is 10.2. The Bertz CT molecular complexity index is 887. The summed E-state index contributed by atoms with van der Waals surface area (Å²) in [6.07, 6.45) is 1.66. The number of rotatable bonds is 3. The molecule has 8 heteroatoms. The summed E-state index contributed by atoms with van der Waals surface area (Å²) in [5.41, 5.74) is 6.59. The van der Waals surface area contributed by atoms with Crippen LogP contribution in [0.5, 0.6) is 0 Å². The normalized spacial score (nSPS) is 12.2. The molecule has 1 unspecified atom stereocenters. The molecular formula is C14H10FN5S2. The molecule has 22 heavy (non-hydrogen) atoms. The van der Waals surface area contributed by atoms with E-state index in [0.717, 1.165) is 10.4 Å². The van der Waals surface area contributed by atoms with Crippen LogP contribution >= 0.6 is 23.1 Å². The third-order valence-electron chi connectivity index (χ3n) is 2.97. The number of fused-ring (bicyclic) bond motifs is 1. The van der Waals surface area contributed by atoms with E-state index in [9.17, 15) is 4.39 Å². The molecule has 3 aromatic heterocycles. The van der Waals surface area contributed by atoms with Gasteiger partial charge < -0.3 is 5.73 Å². The van der Waals surface area contributed by atoms with E-state index in [-0.39, 0.29) is 22.6 Å². The van der Waals surface area contributed by atoms with Crippen LogP contribution in [0.25, 0.3) is 10.1 Å². The lowest BCUT2D eigenvalue weighted by Crippen LogP contribution is -1.99. The van der Waals surface area contributed by atoms with E-state index in [0.29, 0.717) is 10.5 Å². The number of nitrogens with two attached hydrogens (primary N) is 1. The molecular weight excluding hydrogens is 321 g/mol. The first-order chi connectivity index (χ1) is 10.6. The van der Waals surface area contributed by atoms with E-state index >= 15 is 0 Å². The Balaban J connectivity index is 1.89. The monoisotopic (exact) mass is 331 g/mol. The Kier molecular flexibility index (Phi) is 3.92. The summed E-state index contributed by atoms with van der Waals surface area (Å²) in [4.78, 5) is 12.5. The molecule has 0 radical (unpaired) electrons. The maximum Gasteiger partial charge on any atom is 0.191 e. The van der Waals surface area contributed by atoms with Crippen molar-refractivity contribution in [3.63, 3.8) is 0 Å². The van der Waals surface area contributed by atoms with Gasteiger partial charge in [0.15, 0.2) is 5.16 Å². The van der Waals surface area contributed by atoms with Crippen molar-refractivity contribution in [1.82, 2.24) is 15.0 Å². The lowest BCUT2D eigenvalue weighted by molar-refractivity contribution is 0.644. The third kappa shape index (κ3) is 2.86. The first kappa shape index (κ1) is 14.7. The molecule has 0 aliphatic rings. The molecule has 110 valence electrons. The average Bonchev–Trinajstić information content (AvgIpc) is 2.87. The van der Waals surface area contributed by atoms with Gasteiger partial charge in [0.05, 0.1) is 15.6 Å². The number of halogens is 1. The maximum absolute atomic E-state index is 13.7. The van der Waals surface area contributed by atoms with Gasteiger partial charge in [0.2, 0.25) is 0 Å². The third-order valence-corrected chi connectivity index (χ3v) is 4.87. The Morgan fingerprint density at radius 3 is 3.00 bits per heavy atom. The Morgan fingerprint density at radius 1 is 1.41 bits per heavy atom. The second kappa shape index (κ2) is 5.87. The number of thioether (sulfide) groups is 1. The average molecular weight is 331 g/mol. The highest BCUT2D eigenvalue weighted by molar-refractivity contribution is 7.99. The van der Waals surface area contributed by atoms with Gasteiger partial charge in [-0.1, -0.05) is 11.8 Å². The fourth-order valence-corrected chi connectivity index (χ4v) is 3.54. The molecule has 0 spiro atoms. The number of hydrogen-bond donors (Lipinski definition) is 1. The molecule has 1 atom stereocenters. The number of nitrogen functional groups attached to an aromatic ring is 1. The minimum Gasteiger partial charge on any atom is -0.384 e. The minimum absolute atomic E-state index is 0.1000.